The molecule has 3 nitrogen and oxygen atoms in total. The van der Waals surface area contributed by atoms with Crippen LogP contribution in [0.4, 0.5) is 15.8 Å². The van der Waals surface area contributed by atoms with Crippen molar-refractivity contribution < 1.29 is 9.13 Å². The summed E-state index contributed by atoms with van der Waals surface area (Å²) in [7, 11) is 0. The Labute approximate surface area is 111 Å². The van der Waals surface area contributed by atoms with Gasteiger partial charge >= 0.3 is 0 Å². The highest BCUT2D eigenvalue weighted by atomic mass is 19.1. The fourth-order valence-electron chi connectivity index (χ4n) is 2.24. The fraction of sp³-hybridized carbons (Fsp3) is 0.200. The summed E-state index contributed by atoms with van der Waals surface area (Å²) < 4.78 is 18.8. The molecule has 3 rings (SSSR count). The highest BCUT2D eigenvalue weighted by Gasteiger charge is 2.12. The van der Waals surface area contributed by atoms with Crippen LogP contribution in [0.15, 0.2) is 36.4 Å². The second kappa shape index (κ2) is 4.80. The molecule has 0 saturated heterocycles. The summed E-state index contributed by atoms with van der Waals surface area (Å²) in [5.74, 6) is 0.571. The lowest BCUT2D eigenvalue weighted by Crippen LogP contribution is -2.04. The summed E-state index contributed by atoms with van der Waals surface area (Å²) in [4.78, 5) is 0. The molecular formula is C15H15FN2O. The predicted octanol–water partition coefficient (Wildman–Crippen LogP) is 2.95. The van der Waals surface area contributed by atoms with Crippen LogP contribution in [0.3, 0.4) is 0 Å². The van der Waals surface area contributed by atoms with Crippen molar-refractivity contribution in [3.05, 3.63) is 53.3 Å². The summed E-state index contributed by atoms with van der Waals surface area (Å²) in [5, 5.41) is 3.16. The molecule has 98 valence electrons. The Morgan fingerprint density at radius 2 is 2.16 bits per heavy atom. The van der Waals surface area contributed by atoms with E-state index in [9.17, 15) is 4.39 Å². The zero-order valence-corrected chi connectivity index (χ0v) is 10.4. The SMILES string of the molecule is Nc1c(F)cccc1NCc1ccc2c(c1)CCO2. The van der Waals surface area contributed by atoms with Crippen LogP contribution < -0.4 is 15.8 Å². The topological polar surface area (TPSA) is 47.3 Å². The number of halogens is 1. The van der Waals surface area contributed by atoms with E-state index in [0.29, 0.717) is 12.2 Å². The number of para-hydroxylation sites is 1. The first-order chi connectivity index (χ1) is 9.24. The van der Waals surface area contributed by atoms with Gasteiger partial charge in [0.05, 0.1) is 18.0 Å². The zero-order chi connectivity index (χ0) is 13.2. The first kappa shape index (κ1) is 11.8. The maximum atomic E-state index is 13.3. The molecule has 0 saturated carbocycles. The van der Waals surface area contributed by atoms with Gasteiger partial charge in [0, 0.05) is 13.0 Å². The molecule has 19 heavy (non-hydrogen) atoms. The highest BCUT2D eigenvalue weighted by Crippen LogP contribution is 2.27. The molecular weight excluding hydrogens is 243 g/mol. The third-order valence-electron chi connectivity index (χ3n) is 3.29. The summed E-state index contributed by atoms with van der Waals surface area (Å²) in [6, 6.07) is 10.9. The second-order valence-electron chi connectivity index (χ2n) is 4.60. The molecule has 0 aliphatic carbocycles. The van der Waals surface area contributed by atoms with Gasteiger partial charge in [-0.25, -0.2) is 4.39 Å². The van der Waals surface area contributed by atoms with E-state index in [0.717, 1.165) is 24.3 Å². The van der Waals surface area contributed by atoms with E-state index in [1.165, 1.54) is 11.6 Å². The molecule has 0 fully saturated rings. The van der Waals surface area contributed by atoms with Crippen molar-refractivity contribution in [1.82, 2.24) is 0 Å². The van der Waals surface area contributed by atoms with Crippen LogP contribution in [0.2, 0.25) is 0 Å². The molecule has 0 radical (unpaired) electrons. The van der Waals surface area contributed by atoms with Crippen LogP contribution in [0.25, 0.3) is 0 Å². The molecule has 1 aliphatic heterocycles. The van der Waals surface area contributed by atoms with Crippen molar-refractivity contribution in [3.63, 3.8) is 0 Å². The van der Waals surface area contributed by atoms with E-state index in [2.05, 4.69) is 11.4 Å². The van der Waals surface area contributed by atoms with Crippen LogP contribution in [-0.4, -0.2) is 6.61 Å². The van der Waals surface area contributed by atoms with Gasteiger partial charge in [-0.1, -0.05) is 18.2 Å². The number of nitrogens with one attached hydrogen (secondary N) is 1. The molecule has 0 atom stereocenters. The predicted molar refractivity (Wildman–Crippen MR) is 73.8 cm³/mol. The molecule has 2 aromatic rings. The number of nitrogen functional groups attached to an aromatic ring is 1. The van der Waals surface area contributed by atoms with Crippen LogP contribution in [-0.2, 0) is 13.0 Å². The van der Waals surface area contributed by atoms with Gasteiger partial charge in [-0.3, -0.25) is 0 Å². The van der Waals surface area contributed by atoms with Crippen LogP contribution in [0, 0.1) is 5.82 Å². The van der Waals surface area contributed by atoms with E-state index in [1.807, 2.05) is 12.1 Å². The monoisotopic (exact) mass is 258 g/mol. The Bertz CT molecular complexity index is 613. The van der Waals surface area contributed by atoms with Crippen molar-refractivity contribution in [2.24, 2.45) is 0 Å². The average Bonchev–Trinajstić information content (AvgIpc) is 2.88. The Hall–Kier alpha value is -2.23. The van der Waals surface area contributed by atoms with Crippen molar-refractivity contribution >= 4 is 11.4 Å². The Kier molecular flexibility index (Phi) is 2.99. The summed E-state index contributed by atoms with van der Waals surface area (Å²) in [5.41, 5.74) is 8.82. The van der Waals surface area contributed by atoms with Gasteiger partial charge in [-0.15, -0.1) is 0 Å². The summed E-state index contributed by atoms with van der Waals surface area (Å²) in [6.45, 7) is 1.37. The lowest BCUT2D eigenvalue weighted by atomic mass is 10.1. The van der Waals surface area contributed by atoms with Gasteiger partial charge in [-0.2, -0.15) is 0 Å². The molecule has 2 aromatic carbocycles. The lowest BCUT2D eigenvalue weighted by Gasteiger charge is -2.10. The number of fused-ring (bicyclic) bond motifs is 1. The molecule has 3 N–H and O–H groups in total. The molecule has 0 amide bonds. The number of nitrogens with two attached hydrogens (primary N) is 1. The molecule has 1 heterocycles. The molecule has 0 unspecified atom stereocenters. The van der Waals surface area contributed by atoms with Crippen molar-refractivity contribution in [3.8, 4) is 5.75 Å². The van der Waals surface area contributed by atoms with Crippen LogP contribution >= 0.6 is 0 Å². The van der Waals surface area contributed by atoms with E-state index in [-0.39, 0.29) is 5.69 Å². The molecule has 4 heteroatoms. The molecule has 0 aromatic heterocycles. The van der Waals surface area contributed by atoms with Crippen LogP contribution in [0.1, 0.15) is 11.1 Å². The number of hydrogen-bond acceptors (Lipinski definition) is 3. The first-order valence-electron chi connectivity index (χ1n) is 6.26. The van der Waals surface area contributed by atoms with Gasteiger partial charge in [0.1, 0.15) is 11.6 Å². The Morgan fingerprint density at radius 3 is 3.05 bits per heavy atom. The van der Waals surface area contributed by atoms with Gasteiger partial charge in [-0.05, 0) is 29.3 Å². The van der Waals surface area contributed by atoms with Crippen LogP contribution in [0.5, 0.6) is 5.75 Å². The first-order valence-corrected chi connectivity index (χ1v) is 6.26. The van der Waals surface area contributed by atoms with Gasteiger partial charge in [0.2, 0.25) is 0 Å². The maximum Gasteiger partial charge on any atom is 0.148 e. The normalized spacial score (nSPS) is 12.9. The smallest absolute Gasteiger partial charge is 0.148 e. The molecule has 0 bridgehead atoms. The fourth-order valence-corrected chi connectivity index (χ4v) is 2.24. The van der Waals surface area contributed by atoms with E-state index >= 15 is 0 Å². The Morgan fingerprint density at radius 1 is 1.26 bits per heavy atom. The number of hydrogen-bond donors (Lipinski definition) is 2. The minimum absolute atomic E-state index is 0.159. The highest BCUT2D eigenvalue weighted by molar-refractivity contribution is 5.66. The van der Waals surface area contributed by atoms with Gasteiger partial charge in [0.25, 0.3) is 0 Å². The van der Waals surface area contributed by atoms with Crippen molar-refractivity contribution in [1.29, 1.82) is 0 Å². The number of benzene rings is 2. The molecule has 1 aliphatic rings. The largest absolute Gasteiger partial charge is 0.493 e. The van der Waals surface area contributed by atoms with E-state index in [1.54, 1.807) is 12.1 Å². The average molecular weight is 258 g/mol. The standard InChI is InChI=1S/C15H15FN2O/c16-12-2-1-3-13(15(12)17)18-9-10-4-5-14-11(8-10)6-7-19-14/h1-5,8,18H,6-7,9,17H2. The van der Waals surface area contributed by atoms with Gasteiger partial charge in [0.15, 0.2) is 0 Å². The number of rotatable bonds is 3. The third-order valence-corrected chi connectivity index (χ3v) is 3.29. The van der Waals surface area contributed by atoms with Gasteiger partial charge < -0.3 is 15.8 Å². The summed E-state index contributed by atoms with van der Waals surface area (Å²) in [6.07, 6.45) is 0.950. The minimum Gasteiger partial charge on any atom is -0.493 e. The maximum absolute atomic E-state index is 13.3. The van der Waals surface area contributed by atoms with Crippen molar-refractivity contribution in [2.75, 3.05) is 17.7 Å². The third kappa shape index (κ3) is 2.34. The minimum atomic E-state index is -0.396. The number of anilines is 2. The quantitative estimate of drug-likeness (QED) is 0.832. The number of ether oxygens (including phenoxy) is 1. The van der Waals surface area contributed by atoms with Crippen molar-refractivity contribution in [2.45, 2.75) is 13.0 Å². The lowest BCUT2D eigenvalue weighted by molar-refractivity contribution is 0.357. The second-order valence-corrected chi connectivity index (χ2v) is 4.60. The zero-order valence-electron chi connectivity index (χ0n) is 10.4. The Balaban J connectivity index is 1.74. The molecule has 0 spiro atoms. The van der Waals surface area contributed by atoms with E-state index < -0.39 is 5.82 Å². The van der Waals surface area contributed by atoms with E-state index in [4.69, 9.17) is 10.5 Å². The summed E-state index contributed by atoms with van der Waals surface area (Å²) >= 11 is 0.